The lowest BCUT2D eigenvalue weighted by Gasteiger charge is -2.07. The van der Waals surface area contributed by atoms with Crippen LogP contribution in [0.15, 0.2) is 36.9 Å². The molecule has 0 fully saturated rings. The maximum absolute atomic E-state index is 9.28. The van der Waals surface area contributed by atoms with E-state index in [-0.39, 0.29) is 11.8 Å². The first-order valence-corrected chi connectivity index (χ1v) is 3.41. The van der Waals surface area contributed by atoms with Crippen molar-refractivity contribution in [1.29, 1.82) is 0 Å². The normalized spacial score (nSPS) is 12.5. The highest BCUT2D eigenvalue weighted by Gasteiger charge is 2.04. The van der Waals surface area contributed by atoms with E-state index in [1.165, 1.54) is 0 Å². The van der Waals surface area contributed by atoms with Gasteiger partial charge in [-0.2, -0.15) is 0 Å². The van der Waals surface area contributed by atoms with Gasteiger partial charge in [-0.15, -0.1) is 6.58 Å². The van der Waals surface area contributed by atoms with E-state index < -0.39 is 0 Å². The van der Waals surface area contributed by atoms with Gasteiger partial charge in [0.1, 0.15) is 5.75 Å². The number of nitrogens with two attached hydrogens (primary N) is 1. The predicted octanol–water partition coefficient (Wildman–Crippen LogP) is 1.58. The maximum Gasteiger partial charge on any atom is 0.120 e. The Bertz CT molecular complexity index is 257. The van der Waals surface area contributed by atoms with Crippen molar-refractivity contribution in [3.05, 3.63) is 42.5 Å². The summed E-state index contributed by atoms with van der Waals surface area (Å²) in [5, 5.41) is 9.28. The first-order chi connectivity index (χ1) is 5.25. The molecule has 0 saturated carbocycles. The molecule has 0 bridgehead atoms. The number of rotatable bonds is 2. The molecule has 0 saturated heterocycles. The van der Waals surface area contributed by atoms with Crippen LogP contribution in [0.25, 0.3) is 0 Å². The number of phenolic OH excluding ortho intramolecular Hbond substituents is 1. The van der Waals surface area contributed by atoms with Crippen molar-refractivity contribution in [3.63, 3.8) is 0 Å². The molecule has 1 atom stereocenters. The molecule has 2 heteroatoms. The monoisotopic (exact) mass is 149 g/mol. The van der Waals surface area contributed by atoms with E-state index >= 15 is 0 Å². The zero-order valence-corrected chi connectivity index (χ0v) is 6.20. The van der Waals surface area contributed by atoms with Gasteiger partial charge in [0, 0.05) is 5.56 Å². The third kappa shape index (κ3) is 1.59. The molecule has 1 aromatic rings. The lowest BCUT2D eigenvalue weighted by Crippen LogP contribution is -2.06. The highest BCUT2D eigenvalue weighted by atomic mass is 16.3. The Balaban J connectivity index is 3.02. The van der Waals surface area contributed by atoms with Crippen LogP contribution < -0.4 is 5.73 Å². The van der Waals surface area contributed by atoms with Gasteiger partial charge in [0.2, 0.25) is 0 Å². The Labute approximate surface area is 66.0 Å². The number of phenols is 1. The standard InChI is InChI=1S/C9H11NO/c1-2-8(10)7-5-3-4-6-9(7)11/h2-6,8,11H,1,10H2/t8-/m1/s1. The maximum atomic E-state index is 9.28. The molecular formula is C9H11NO. The smallest absolute Gasteiger partial charge is 0.120 e. The van der Waals surface area contributed by atoms with E-state index in [2.05, 4.69) is 6.58 Å². The van der Waals surface area contributed by atoms with Crippen LogP contribution in [0, 0.1) is 0 Å². The van der Waals surface area contributed by atoms with E-state index in [4.69, 9.17) is 5.73 Å². The Kier molecular flexibility index (Phi) is 2.28. The summed E-state index contributed by atoms with van der Waals surface area (Å²) in [6.45, 7) is 3.54. The van der Waals surface area contributed by atoms with Crippen LogP contribution in [0.2, 0.25) is 0 Å². The average Bonchev–Trinajstić information content (AvgIpc) is 2.04. The fourth-order valence-electron chi connectivity index (χ4n) is 0.896. The lowest BCUT2D eigenvalue weighted by atomic mass is 10.1. The summed E-state index contributed by atoms with van der Waals surface area (Å²) >= 11 is 0. The number of para-hydroxylation sites is 1. The highest BCUT2D eigenvalue weighted by molar-refractivity contribution is 5.35. The molecule has 0 spiro atoms. The average molecular weight is 149 g/mol. The molecule has 0 aliphatic heterocycles. The minimum atomic E-state index is -0.281. The summed E-state index contributed by atoms with van der Waals surface area (Å²) in [6, 6.07) is 6.70. The molecule has 2 nitrogen and oxygen atoms in total. The Morgan fingerprint density at radius 2 is 2.09 bits per heavy atom. The molecule has 0 amide bonds. The van der Waals surface area contributed by atoms with Crippen molar-refractivity contribution in [2.45, 2.75) is 6.04 Å². The first-order valence-electron chi connectivity index (χ1n) is 3.41. The van der Waals surface area contributed by atoms with Crippen molar-refractivity contribution in [1.82, 2.24) is 0 Å². The number of aromatic hydroxyl groups is 1. The second-order valence-electron chi connectivity index (χ2n) is 2.32. The molecule has 0 heterocycles. The summed E-state index contributed by atoms with van der Waals surface area (Å²) in [4.78, 5) is 0. The van der Waals surface area contributed by atoms with Crippen molar-refractivity contribution in [3.8, 4) is 5.75 Å². The van der Waals surface area contributed by atoms with Crippen molar-refractivity contribution >= 4 is 0 Å². The van der Waals surface area contributed by atoms with Gasteiger partial charge < -0.3 is 10.8 Å². The number of hydrogen-bond donors (Lipinski definition) is 2. The SMILES string of the molecule is C=C[C@@H](N)c1ccccc1O. The van der Waals surface area contributed by atoms with Gasteiger partial charge in [0.15, 0.2) is 0 Å². The quantitative estimate of drug-likeness (QED) is 0.627. The van der Waals surface area contributed by atoms with Crippen LogP contribution >= 0.6 is 0 Å². The minimum Gasteiger partial charge on any atom is -0.508 e. The van der Waals surface area contributed by atoms with Gasteiger partial charge in [-0.1, -0.05) is 24.3 Å². The van der Waals surface area contributed by atoms with Crippen LogP contribution in [-0.2, 0) is 0 Å². The topological polar surface area (TPSA) is 46.2 Å². The molecule has 0 aliphatic carbocycles. The van der Waals surface area contributed by atoms with E-state index in [9.17, 15) is 5.11 Å². The summed E-state index contributed by atoms with van der Waals surface area (Å²) in [5.74, 6) is 0.222. The van der Waals surface area contributed by atoms with Gasteiger partial charge in [-0.25, -0.2) is 0 Å². The van der Waals surface area contributed by atoms with Gasteiger partial charge in [0.25, 0.3) is 0 Å². The molecule has 11 heavy (non-hydrogen) atoms. The van der Waals surface area contributed by atoms with Gasteiger partial charge in [-0.05, 0) is 6.07 Å². The third-order valence-electron chi connectivity index (χ3n) is 1.55. The summed E-state index contributed by atoms with van der Waals surface area (Å²) in [6.07, 6.45) is 1.59. The van der Waals surface area contributed by atoms with Crippen LogP contribution in [0.1, 0.15) is 11.6 Å². The Morgan fingerprint density at radius 3 is 2.64 bits per heavy atom. The van der Waals surface area contributed by atoms with Crippen molar-refractivity contribution < 1.29 is 5.11 Å². The molecular weight excluding hydrogens is 138 g/mol. The van der Waals surface area contributed by atoms with Crippen LogP contribution in [-0.4, -0.2) is 5.11 Å². The van der Waals surface area contributed by atoms with Crippen molar-refractivity contribution in [2.75, 3.05) is 0 Å². The van der Waals surface area contributed by atoms with Gasteiger partial charge in [0.05, 0.1) is 6.04 Å². The summed E-state index contributed by atoms with van der Waals surface area (Å²) in [5.41, 5.74) is 6.33. The zero-order valence-electron chi connectivity index (χ0n) is 6.20. The van der Waals surface area contributed by atoms with E-state index in [1.807, 2.05) is 6.07 Å². The highest BCUT2D eigenvalue weighted by Crippen LogP contribution is 2.21. The van der Waals surface area contributed by atoms with E-state index in [1.54, 1.807) is 24.3 Å². The lowest BCUT2D eigenvalue weighted by molar-refractivity contribution is 0.466. The molecule has 58 valence electrons. The Morgan fingerprint density at radius 1 is 1.45 bits per heavy atom. The van der Waals surface area contributed by atoms with E-state index in [0.29, 0.717) is 5.56 Å². The molecule has 3 N–H and O–H groups in total. The first kappa shape index (κ1) is 7.82. The summed E-state index contributed by atoms with van der Waals surface area (Å²) < 4.78 is 0. The predicted molar refractivity (Wildman–Crippen MR) is 45.2 cm³/mol. The van der Waals surface area contributed by atoms with Crippen molar-refractivity contribution in [2.24, 2.45) is 5.73 Å². The zero-order chi connectivity index (χ0) is 8.27. The summed E-state index contributed by atoms with van der Waals surface area (Å²) in [7, 11) is 0. The third-order valence-corrected chi connectivity index (χ3v) is 1.55. The number of benzene rings is 1. The second kappa shape index (κ2) is 3.21. The molecule has 1 rings (SSSR count). The van der Waals surface area contributed by atoms with Gasteiger partial charge >= 0.3 is 0 Å². The molecule has 0 aliphatic rings. The van der Waals surface area contributed by atoms with E-state index in [0.717, 1.165) is 0 Å². The van der Waals surface area contributed by atoms with Crippen LogP contribution in [0.3, 0.4) is 0 Å². The van der Waals surface area contributed by atoms with Crippen LogP contribution in [0.5, 0.6) is 5.75 Å². The fraction of sp³-hybridized carbons (Fsp3) is 0.111. The second-order valence-corrected chi connectivity index (χ2v) is 2.32. The molecule has 0 radical (unpaired) electrons. The molecule has 0 aromatic heterocycles. The van der Waals surface area contributed by atoms with Gasteiger partial charge in [-0.3, -0.25) is 0 Å². The Hall–Kier alpha value is -1.28. The van der Waals surface area contributed by atoms with Crippen LogP contribution in [0.4, 0.5) is 0 Å². The molecule has 0 unspecified atom stereocenters. The minimum absolute atomic E-state index is 0.222. The fourth-order valence-corrected chi connectivity index (χ4v) is 0.896. The molecule has 1 aromatic carbocycles. The number of hydrogen-bond acceptors (Lipinski definition) is 2. The largest absolute Gasteiger partial charge is 0.508 e.